The van der Waals surface area contributed by atoms with Crippen molar-refractivity contribution >= 4 is 23.3 Å². The van der Waals surface area contributed by atoms with Gasteiger partial charge in [-0.05, 0) is 6.07 Å². The molecule has 2 rings (SSSR count). The predicted molar refractivity (Wildman–Crippen MR) is 69.3 cm³/mol. The van der Waals surface area contributed by atoms with Gasteiger partial charge >= 0.3 is 0 Å². The molecule has 1 aromatic rings. The van der Waals surface area contributed by atoms with E-state index in [0.717, 1.165) is 30.3 Å². The quantitative estimate of drug-likeness (QED) is 0.850. The lowest BCUT2D eigenvalue weighted by Crippen LogP contribution is -2.37. The molecule has 16 heavy (non-hydrogen) atoms. The van der Waals surface area contributed by atoms with Crippen LogP contribution in [-0.2, 0) is 0 Å². The maximum absolute atomic E-state index is 5.95. The van der Waals surface area contributed by atoms with Crippen LogP contribution < -0.4 is 15.4 Å². The fourth-order valence-corrected chi connectivity index (χ4v) is 2.83. The van der Waals surface area contributed by atoms with Crippen molar-refractivity contribution in [1.29, 1.82) is 0 Å². The summed E-state index contributed by atoms with van der Waals surface area (Å²) in [5, 5.41) is 0.626. The van der Waals surface area contributed by atoms with Crippen LogP contribution in [0.1, 0.15) is 6.92 Å². The number of hydrogen-bond acceptors (Lipinski definition) is 5. The van der Waals surface area contributed by atoms with Crippen LogP contribution >= 0.6 is 11.8 Å². The number of ether oxygens (including phenoxy) is 1. The first kappa shape index (κ1) is 11.4. The first-order valence-corrected chi connectivity index (χ1v) is 6.42. The molecular weight excluding hydrogens is 222 g/mol. The molecule has 0 aliphatic carbocycles. The number of nitrogens with two attached hydrogens (primary N) is 1. The lowest BCUT2D eigenvalue weighted by atomic mass is 10.3. The van der Waals surface area contributed by atoms with Crippen LogP contribution in [0, 0.1) is 0 Å². The number of aromatic nitrogens is 1. The Balaban J connectivity index is 2.24. The van der Waals surface area contributed by atoms with Gasteiger partial charge in [0.15, 0.2) is 5.82 Å². The Labute approximate surface area is 100 Å². The average Bonchev–Trinajstić information content (AvgIpc) is 2.30. The maximum Gasteiger partial charge on any atom is 0.215 e. The smallest absolute Gasteiger partial charge is 0.215 e. The number of methoxy groups -OCH3 is 1. The second kappa shape index (κ2) is 4.82. The summed E-state index contributed by atoms with van der Waals surface area (Å²) in [4.78, 5) is 6.65. The molecular formula is C11H17N3OS. The highest BCUT2D eigenvalue weighted by Crippen LogP contribution is 2.28. The molecule has 88 valence electrons. The average molecular weight is 239 g/mol. The van der Waals surface area contributed by atoms with Crippen LogP contribution in [0.15, 0.2) is 12.1 Å². The third-order valence-corrected chi connectivity index (χ3v) is 3.77. The van der Waals surface area contributed by atoms with Crippen LogP contribution in [-0.4, -0.2) is 36.2 Å². The molecule has 0 aromatic carbocycles. The van der Waals surface area contributed by atoms with E-state index in [0.29, 0.717) is 11.1 Å². The van der Waals surface area contributed by atoms with Gasteiger partial charge in [-0.1, -0.05) is 6.92 Å². The molecule has 1 atom stereocenters. The maximum atomic E-state index is 5.95. The summed E-state index contributed by atoms with van der Waals surface area (Å²) in [6.45, 7) is 4.22. The second-order valence-corrected chi connectivity index (χ2v) is 5.44. The topological polar surface area (TPSA) is 51.4 Å². The van der Waals surface area contributed by atoms with E-state index in [-0.39, 0.29) is 0 Å². The second-order valence-electron chi connectivity index (χ2n) is 3.89. The molecule has 1 unspecified atom stereocenters. The Morgan fingerprint density at radius 1 is 1.56 bits per heavy atom. The van der Waals surface area contributed by atoms with Crippen molar-refractivity contribution in [2.45, 2.75) is 12.2 Å². The number of pyridine rings is 1. The monoisotopic (exact) mass is 239 g/mol. The number of hydrogen-bond donors (Lipinski definition) is 1. The minimum absolute atomic E-state index is 0.620. The van der Waals surface area contributed by atoms with Crippen LogP contribution in [0.5, 0.6) is 5.88 Å². The van der Waals surface area contributed by atoms with Gasteiger partial charge < -0.3 is 15.4 Å². The van der Waals surface area contributed by atoms with E-state index in [1.54, 1.807) is 13.2 Å². The Morgan fingerprint density at radius 2 is 2.38 bits per heavy atom. The summed E-state index contributed by atoms with van der Waals surface area (Å²) < 4.78 is 5.13. The summed E-state index contributed by atoms with van der Waals surface area (Å²) in [7, 11) is 1.62. The van der Waals surface area contributed by atoms with Gasteiger partial charge in [-0.15, -0.1) is 0 Å². The Kier molecular flexibility index (Phi) is 3.43. The highest BCUT2D eigenvalue weighted by atomic mass is 32.2. The molecule has 1 aliphatic heterocycles. The standard InChI is InChI=1S/C11H17N3OS/c1-8-7-14(5-6-16-8)11-9(12)3-4-10(13-11)15-2/h3-4,8H,5-7,12H2,1-2H3. The van der Waals surface area contributed by atoms with E-state index >= 15 is 0 Å². The van der Waals surface area contributed by atoms with Crippen molar-refractivity contribution in [3.63, 3.8) is 0 Å². The molecule has 2 N–H and O–H groups in total. The van der Waals surface area contributed by atoms with Gasteiger partial charge in [0, 0.05) is 30.2 Å². The minimum Gasteiger partial charge on any atom is -0.481 e. The highest BCUT2D eigenvalue weighted by molar-refractivity contribution is 8.00. The number of rotatable bonds is 2. The highest BCUT2D eigenvalue weighted by Gasteiger charge is 2.20. The van der Waals surface area contributed by atoms with Crippen molar-refractivity contribution in [2.75, 3.05) is 36.6 Å². The molecule has 2 heterocycles. The van der Waals surface area contributed by atoms with E-state index in [1.165, 1.54) is 0 Å². The number of nitrogens with zero attached hydrogens (tertiary/aromatic N) is 2. The third kappa shape index (κ3) is 2.35. The van der Waals surface area contributed by atoms with Crippen LogP contribution in [0.2, 0.25) is 0 Å². The van der Waals surface area contributed by atoms with Crippen molar-refractivity contribution in [3.8, 4) is 5.88 Å². The van der Waals surface area contributed by atoms with Gasteiger partial charge in [0.2, 0.25) is 5.88 Å². The third-order valence-electron chi connectivity index (χ3n) is 2.63. The van der Waals surface area contributed by atoms with Crippen molar-refractivity contribution in [2.24, 2.45) is 0 Å². The first-order chi connectivity index (χ1) is 7.70. The summed E-state index contributed by atoms with van der Waals surface area (Å²) in [6, 6.07) is 3.65. The zero-order valence-corrected chi connectivity index (χ0v) is 10.5. The normalized spacial score (nSPS) is 20.9. The van der Waals surface area contributed by atoms with E-state index < -0.39 is 0 Å². The van der Waals surface area contributed by atoms with E-state index in [2.05, 4.69) is 16.8 Å². The summed E-state index contributed by atoms with van der Waals surface area (Å²) in [6.07, 6.45) is 0. The Hall–Kier alpha value is -1.10. The number of nitrogen functional groups attached to an aromatic ring is 1. The van der Waals surface area contributed by atoms with Crippen molar-refractivity contribution < 1.29 is 4.74 Å². The van der Waals surface area contributed by atoms with E-state index in [9.17, 15) is 0 Å². The zero-order valence-electron chi connectivity index (χ0n) is 9.64. The predicted octanol–water partition coefficient (Wildman–Crippen LogP) is 1.61. The SMILES string of the molecule is COc1ccc(N)c(N2CCSC(C)C2)n1. The van der Waals surface area contributed by atoms with Gasteiger partial charge in [0.25, 0.3) is 0 Å². The fraction of sp³-hybridized carbons (Fsp3) is 0.545. The fourth-order valence-electron chi connectivity index (χ4n) is 1.82. The van der Waals surface area contributed by atoms with Crippen LogP contribution in [0.25, 0.3) is 0 Å². The summed E-state index contributed by atoms with van der Waals surface area (Å²) >= 11 is 1.99. The van der Waals surface area contributed by atoms with Crippen molar-refractivity contribution in [3.05, 3.63) is 12.1 Å². The van der Waals surface area contributed by atoms with Gasteiger partial charge in [0.1, 0.15) is 0 Å². The van der Waals surface area contributed by atoms with E-state index in [4.69, 9.17) is 10.5 Å². The lowest BCUT2D eigenvalue weighted by molar-refractivity contribution is 0.398. The lowest BCUT2D eigenvalue weighted by Gasteiger charge is -2.32. The molecule has 0 saturated carbocycles. The Bertz CT molecular complexity index is 372. The molecule has 0 radical (unpaired) electrons. The Morgan fingerprint density at radius 3 is 3.06 bits per heavy atom. The molecule has 0 spiro atoms. The molecule has 1 aliphatic rings. The molecule has 1 aromatic heterocycles. The molecule has 4 nitrogen and oxygen atoms in total. The van der Waals surface area contributed by atoms with Gasteiger partial charge in [-0.3, -0.25) is 0 Å². The zero-order chi connectivity index (χ0) is 11.5. The molecule has 1 fully saturated rings. The van der Waals surface area contributed by atoms with Crippen molar-refractivity contribution in [1.82, 2.24) is 4.98 Å². The first-order valence-electron chi connectivity index (χ1n) is 5.37. The summed E-state index contributed by atoms with van der Waals surface area (Å²) in [5.74, 6) is 2.60. The molecule has 0 bridgehead atoms. The van der Waals surface area contributed by atoms with Crippen LogP contribution in [0.3, 0.4) is 0 Å². The van der Waals surface area contributed by atoms with E-state index in [1.807, 2.05) is 17.8 Å². The largest absolute Gasteiger partial charge is 0.481 e. The number of anilines is 2. The molecule has 0 amide bonds. The molecule has 1 saturated heterocycles. The van der Waals surface area contributed by atoms with Gasteiger partial charge in [-0.2, -0.15) is 16.7 Å². The number of thioether (sulfide) groups is 1. The molecule has 5 heteroatoms. The summed E-state index contributed by atoms with van der Waals surface area (Å²) in [5.41, 5.74) is 6.68. The minimum atomic E-state index is 0.620. The van der Waals surface area contributed by atoms with Gasteiger partial charge in [-0.25, -0.2) is 0 Å². The van der Waals surface area contributed by atoms with Crippen LogP contribution in [0.4, 0.5) is 11.5 Å². The van der Waals surface area contributed by atoms with Gasteiger partial charge in [0.05, 0.1) is 12.8 Å².